The van der Waals surface area contributed by atoms with Gasteiger partial charge in [0.25, 0.3) is 0 Å². The fourth-order valence-corrected chi connectivity index (χ4v) is 4.15. The van der Waals surface area contributed by atoms with Crippen LogP contribution in [0, 0.1) is 5.92 Å². The summed E-state index contributed by atoms with van der Waals surface area (Å²) in [6.45, 7) is 6.34. The number of hydrogen-bond donors (Lipinski definition) is 1. The van der Waals surface area contributed by atoms with Gasteiger partial charge in [-0.05, 0) is 46.5 Å². The normalized spacial score (nSPS) is 35.0. The SMILES string of the molecule is CC1(C)OC[C@H](c2cn(C3CCC(C(=O)NC4(C)CCOC4=O)CC3)nn2)O1. The Kier molecular flexibility index (Phi) is 4.91. The molecular formula is C19H28N4O5. The van der Waals surface area contributed by atoms with Crippen molar-refractivity contribution in [2.75, 3.05) is 13.2 Å². The lowest BCUT2D eigenvalue weighted by molar-refractivity contribution is -0.145. The van der Waals surface area contributed by atoms with Crippen LogP contribution in [0.2, 0.25) is 0 Å². The van der Waals surface area contributed by atoms with Gasteiger partial charge in [0, 0.05) is 12.3 Å². The lowest BCUT2D eigenvalue weighted by Gasteiger charge is -2.30. The first kappa shape index (κ1) is 19.3. The third-order valence-electron chi connectivity index (χ3n) is 5.99. The second kappa shape index (κ2) is 7.11. The number of hydrogen-bond acceptors (Lipinski definition) is 7. The lowest BCUT2D eigenvalue weighted by Crippen LogP contribution is -2.51. The average molecular weight is 392 g/mol. The van der Waals surface area contributed by atoms with Crippen molar-refractivity contribution in [1.29, 1.82) is 0 Å². The number of nitrogens with one attached hydrogen (secondary N) is 1. The first-order chi connectivity index (χ1) is 13.3. The molecular weight excluding hydrogens is 364 g/mol. The van der Waals surface area contributed by atoms with E-state index in [1.54, 1.807) is 6.92 Å². The standard InChI is InChI=1S/C19H28N4O5/c1-18(2)27-11-15(28-18)14-10-23(22-21-14)13-6-4-12(5-7-13)16(24)20-19(3)8-9-26-17(19)25/h10,12-13,15H,4-9,11H2,1-3H3,(H,20,24)/t12?,13?,15-,19?/m1/s1. The van der Waals surface area contributed by atoms with E-state index in [-0.39, 0.29) is 29.9 Å². The van der Waals surface area contributed by atoms with Gasteiger partial charge in [-0.25, -0.2) is 9.48 Å². The summed E-state index contributed by atoms with van der Waals surface area (Å²) in [5.74, 6) is -1.08. The maximum atomic E-state index is 12.6. The first-order valence-corrected chi connectivity index (χ1v) is 9.98. The first-order valence-electron chi connectivity index (χ1n) is 9.98. The molecule has 1 aromatic heterocycles. The van der Waals surface area contributed by atoms with Crippen LogP contribution in [0.4, 0.5) is 0 Å². The maximum absolute atomic E-state index is 12.6. The minimum absolute atomic E-state index is 0.0576. The molecule has 0 bridgehead atoms. The van der Waals surface area contributed by atoms with Crippen molar-refractivity contribution < 1.29 is 23.8 Å². The van der Waals surface area contributed by atoms with Crippen molar-refractivity contribution in [3.8, 4) is 0 Å². The van der Waals surface area contributed by atoms with Crippen molar-refractivity contribution >= 4 is 11.9 Å². The number of nitrogens with zero attached hydrogens (tertiary/aromatic N) is 3. The summed E-state index contributed by atoms with van der Waals surface area (Å²) in [7, 11) is 0. The van der Waals surface area contributed by atoms with Crippen molar-refractivity contribution in [3.05, 3.63) is 11.9 Å². The average Bonchev–Trinajstić information content (AvgIpc) is 3.35. The molecule has 3 fully saturated rings. The number of cyclic esters (lactones) is 1. The van der Waals surface area contributed by atoms with Gasteiger partial charge >= 0.3 is 5.97 Å². The number of amides is 1. The van der Waals surface area contributed by atoms with Crippen LogP contribution in [0.15, 0.2) is 6.20 Å². The predicted octanol–water partition coefficient (Wildman–Crippen LogP) is 1.66. The Morgan fingerprint density at radius 1 is 1.25 bits per heavy atom. The van der Waals surface area contributed by atoms with Gasteiger partial charge in [0.2, 0.25) is 5.91 Å². The fourth-order valence-electron chi connectivity index (χ4n) is 4.15. The summed E-state index contributed by atoms with van der Waals surface area (Å²) in [5, 5.41) is 11.4. The minimum atomic E-state index is -0.883. The van der Waals surface area contributed by atoms with Crippen LogP contribution in [0.5, 0.6) is 0 Å². The Hall–Kier alpha value is -2.00. The molecule has 1 aliphatic carbocycles. The largest absolute Gasteiger partial charge is 0.464 e. The van der Waals surface area contributed by atoms with Crippen molar-refractivity contribution in [1.82, 2.24) is 20.3 Å². The third kappa shape index (κ3) is 3.77. The Bertz CT molecular complexity index is 755. The molecule has 1 aromatic rings. The highest BCUT2D eigenvalue weighted by atomic mass is 16.7. The molecule has 0 radical (unpaired) electrons. The molecule has 1 saturated carbocycles. The van der Waals surface area contributed by atoms with Gasteiger partial charge in [0.1, 0.15) is 17.3 Å². The molecule has 0 aromatic carbocycles. The number of ether oxygens (including phenoxy) is 3. The Labute approximate surface area is 164 Å². The molecule has 1 unspecified atom stereocenters. The van der Waals surface area contributed by atoms with E-state index in [1.165, 1.54) is 0 Å². The van der Waals surface area contributed by atoms with Gasteiger partial charge in [-0.1, -0.05) is 5.21 Å². The number of rotatable bonds is 4. The van der Waals surface area contributed by atoms with Crippen molar-refractivity contribution in [2.45, 2.75) is 76.3 Å². The molecule has 1 amide bonds. The molecule has 1 N–H and O–H groups in total. The van der Waals surface area contributed by atoms with Gasteiger partial charge in [-0.3, -0.25) is 4.79 Å². The van der Waals surface area contributed by atoms with E-state index < -0.39 is 11.3 Å². The summed E-state index contributed by atoms with van der Waals surface area (Å²) >= 11 is 0. The molecule has 0 spiro atoms. The van der Waals surface area contributed by atoms with Crippen LogP contribution in [-0.2, 0) is 23.8 Å². The van der Waals surface area contributed by atoms with Gasteiger partial charge in [-0.2, -0.15) is 0 Å². The second-order valence-corrected chi connectivity index (χ2v) is 8.65. The molecule has 9 nitrogen and oxygen atoms in total. The van der Waals surface area contributed by atoms with Gasteiger partial charge in [0.05, 0.1) is 25.5 Å². The minimum Gasteiger partial charge on any atom is -0.464 e. The summed E-state index contributed by atoms with van der Waals surface area (Å²) in [5.41, 5.74) is -0.107. The molecule has 2 saturated heterocycles. The summed E-state index contributed by atoms with van der Waals surface area (Å²) < 4.78 is 18.3. The molecule has 3 heterocycles. The molecule has 28 heavy (non-hydrogen) atoms. The molecule has 2 aliphatic heterocycles. The number of esters is 1. The van der Waals surface area contributed by atoms with E-state index >= 15 is 0 Å². The monoisotopic (exact) mass is 392 g/mol. The number of aromatic nitrogens is 3. The topological polar surface area (TPSA) is 105 Å². The van der Waals surface area contributed by atoms with E-state index in [9.17, 15) is 9.59 Å². The maximum Gasteiger partial charge on any atom is 0.331 e. The smallest absolute Gasteiger partial charge is 0.331 e. The number of carbonyl (C=O) groups is 2. The van der Waals surface area contributed by atoms with Crippen molar-refractivity contribution in [2.24, 2.45) is 5.92 Å². The summed E-state index contributed by atoms with van der Waals surface area (Å²) in [6.07, 6.45) is 5.46. The molecule has 4 rings (SSSR count). The van der Waals surface area contributed by atoms with Gasteiger partial charge in [0.15, 0.2) is 5.79 Å². The lowest BCUT2D eigenvalue weighted by atomic mass is 9.84. The molecule has 9 heteroatoms. The van der Waals surface area contributed by atoms with Crippen LogP contribution >= 0.6 is 0 Å². The summed E-state index contributed by atoms with van der Waals surface area (Å²) in [4.78, 5) is 24.4. The zero-order valence-corrected chi connectivity index (χ0v) is 16.6. The molecule has 2 atom stereocenters. The van der Waals surface area contributed by atoms with E-state index in [1.807, 2.05) is 24.7 Å². The zero-order valence-electron chi connectivity index (χ0n) is 16.6. The molecule has 3 aliphatic rings. The highest BCUT2D eigenvalue weighted by Gasteiger charge is 2.43. The van der Waals surface area contributed by atoms with Gasteiger partial charge in [-0.15, -0.1) is 5.10 Å². The third-order valence-corrected chi connectivity index (χ3v) is 5.99. The zero-order chi connectivity index (χ0) is 19.9. The number of carbonyl (C=O) groups excluding carboxylic acids is 2. The van der Waals surface area contributed by atoms with Crippen LogP contribution in [-0.4, -0.2) is 51.4 Å². The summed E-state index contributed by atoms with van der Waals surface area (Å²) in [6, 6.07) is 0.215. The predicted molar refractivity (Wildman–Crippen MR) is 97.0 cm³/mol. The second-order valence-electron chi connectivity index (χ2n) is 8.65. The van der Waals surface area contributed by atoms with E-state index in [2.05, 4.69) is 15.6 Å². The fraction of sp³-hybridized carbons (Fsp3) is 0.789. The van der Waals surface area contributed by atoms with Crippen molar-refractivity contribution in [3.63, 3.8) is 0 Å². The van der Waals surface area contributed by atoms with E-state index in [0.29, 0.717) is 19.6 Å². The van der Waals surface area contributed by atoms with Crippen LogP contribution < -0.4 is 5.32 Å². The van der Waals surface area contributed by atoms with Gasteiger partial charge < -0.3 is 19.5 Å². The Morgan fingerprint density at radius 2 is 2.00 bits per heavy atom. The van der Waals surface area contributed by atoms with Crippen LogP contribution in [0.25, 0.3) is 0 Å². The van der Waals surface area contributed by atoms with E-state index in [4.69, 9.17) is 14.2 Å². The Balaban J connectivity index is 1.31. The highest BCUT2D eigenvalue weighted by molar-refractivity contribution is 5.89. The van der Waals surface area contributed by atoms with Crippen LogP contribution in [0.3, 0.4) is 0 Å². The Morgan fingerprint density at radius 3 is 2.61 bits per heavy atom. The highest BCUT2D eigenvalue weighted by Crippen LogP contribution is 2.35. The quantitative estimate of drug-likeness (QED) is 0.777. The van der Waals surface area contributed by atoms with Crippen LogP contribution in [0.1, 0.15) is 70.7 Å². The molecule has 154 valence electrons. The van der Waals surface area contributed by atoms with E-state index in [0.717, 1.165) is 31.4 Å².